The summed E-state index contributed by atoms with van der Waals surface area (Å²) >= 11 is -2.43. The summed E-state index contributed by atoms with van der Waals surface area (Å²) in [5, 5.41) is 52.5. The molecule has 78 heavy (non-hydrogen) atoms. The second kappa shape index (κ2) is 27.7. The number of carbonyl (C=O) groups excluding carboxylic acids is 10. The van der Waals surface area contributed by atoms with Gasteiger partial charge in [0.2, 0.25) is 58.2 Å². The third-order valence-corrected chi connectivity index (χ3v) is 15.3. The lowest BCUT2D eigenvalue weighted by Gasteiger charge is -2.33. The molecular formula is C50H75N11O16S. The number of nitrogens with zero attached hydrogens (tertiary/aromatic N) is 2. The number of hydrogen-bond donors (Lipinski definition) is 12. The molecule has 3 aliphatic heterocycles. The van der Waals surface area contributed by atoms with Gasteiger partial charge in [0, 0.05) is 66.6 Å². The molecule has 2 bridgehead atoms. The molecular weight excluding hydrogens is 1040 g/mol. The minimum atomic E-state index is -2.43. The molecule has 0 aliphatic carbocycles. The predicted molar refractivity (Wildman–Crippen MR) is 279 cm³/mol. The summed E-state index contributed by atoms with van der Waals surface area (Å²) in [6.45, 7) is 7.23. The lowest BCUT2D eigenvalue weighted by molar-refractivity contribution is -0.144. The van der Waals surface area contributed by atoms with Gasteiger partial charge in [-0.25, -0.2) is 4.79 Å². The molecule has 432 valence electrons. The Morgan fingerprint density at radius 2 is 1.56 bits per heavy atom. The summed E-state index contributed by atoms with van der Waals surface area (Å²) in [5.41, 5.74) is 5.40. The smallest absolute Gasteiger partial charge is 0.407 e. The summed E-state index contributed by atoms with van der Waals surface area (Å²) in [7, 11) is 1.41. The summed E-state index contributed by atoms with van der Waals surface area (Å²) in [6.07, 6.45) is -3.82. The van der Waals surface area contributed by atoms with E-state index in [-0.39, 0.29) is 23.7 Å². The van der Waals surface area contributed by atoms with Crippen LogP contribution in [0.1, 0.15) is 85.6 Å². The first kappa shape index (κ1) is 62.1. The number of rotatable bonds is 14. The van der Waals surface area contributed by atoms with E-state index in [1.54, 1.807) is 57.4 Å². The molecule has 27 nitrogen and oxygen atoms in total. The van der Waals surface area contributed by atoms with Crippen LogP contribution in [0.3, 0.4) is 0 Å². The van der Waals surface area contributed by atoms with E-state index in [9.17, 15) is 63.3 Å². The Kier molecular flexibility index (Phi) is 22.1. The summed E-state index contributed by atoms with van der Waals surface area (Å²) in [5.74, 6) is -11.5. The zero-order valence-corrected chi connectivity index (χ0v) is 45.8. The van der Waals surface area contributed by atoms with Crippen LogP contribution in [0.5, 0.6) is 5.75 Å². The molecule has 1 saturated heterocycles. The van der Waals surface area contributed by atoms with Crippen LogP contribution in [0, 0.1) is 11.8 Å². The SMILES string of the molecule is CC[C@H](C)[C@@H]1NC(=O)CNC(=O)C2Cc3c(n(CCCCCNC(=O)OC(C)(C)C)c4cc(OC)ccc34)[S@+]([O-])CC(NC(=O)CNC1=O)C(=O)N[C@@H](CC(N)=O)C(=O)N1CC(O)C[C@H]1C(=O)N[C@@H]([C@@H](C)[C@@H](O)CO)C(=O)N2. The molecule has 5 rings (SSSR count). The van der Waals surface area contributed by atoms with Gasteiger partial charge >= 0.3 is 6.09 Å². The van der Waals surface area contributed by atoms with Crippen molar-refractivity contribution in [2.24, 2.45) is 17.6 Å². The Morgan fingerprint density at radius 3 is 2.21 bits per heavy atom. The number of alkyl carbamates (subject to hydrolysis) is 1. The van der Waals surface area contributed by atoms with E-state index in [1.807, 2.05) is 0 Å². The third-order valence-electron chi connectivity index (χ3n) is 13.7. The van der Waals surface area contributed by atoms with Crippen molar-refractivity contribution in [3.8, 4) is 5.75 Å². The Bertz CT molecular complexity index is 2560. The topological polar surface area (TPSA) is 403 Å². The molecule has 10 amide bonds. The highest BCUT2D eigenvalue weighted by atomic mass is 32.2. The van der Waals surface area contributed by atoms with Crippen molar-refractivity contribution >= 4 is 81.3 Å². The van der Waals surface area contributed by atoms with E-state index in [0.29, 0.717) is 42.3 Å². The van der Waals surface area contributed by atoms with Crippen molar-refractivity contribution in [1.29, 1.82) is 0 Å². The molecule has 3 aliphatic rings. The molecule has 1 aromatic heterocycles. The standard InChI is InChI=1S/C50H75N11O16S/c1-8-25(2)40-45(71)54-20-38(66)55-33-24-78(75)48-30(29-13-12-28(76-7)17-34(29)60(48)15-11-9-10-14-52-49(74)77-50(4,5)6)18-31(42(68)53-21-39(67)58-40)56-46(72)41(26(3)36(64)23-62)59-44(70)35-16-27(63)22-61(35)47(73)32(19-37(51)65)57-43(33)69/h12-13,17,25-27,31-33,35-36,40-41,62-64H,8-11,14-16,18-24H2,1-7H3,(H2,51,65)(H,52,74)(H,53,68)(H,54,71)(H,55,66)(H,56,72)(H,57,69)(H,58,67)(H,59,70)/t25-,26-,27?,31?,32-,33?,35-,36-,40-,41-,78+/m0/s1. The number of nitrogens with one attached hydrogen (secondary N) is 8. The number of methoxy groups -OCH3 is 1. The van der Waals surface area contributed by atoms with E-state index < -0.39 is 188 Å². The van der Waals surface area contributed by atoms with Gasteiger partial charge in [-0.1, -0.05) is 27.2 Å². The first-order chi connectivity index (χ1) is 36.8. The average molecular weight is 1120 g/mol. The van der Waals surface area contributed by atoms with Crippen LogP contribution >= 0.6 is 0 Å². The lowest BCUT2D eigenvalue weighted by atomic mass is 9.93. The number of aliphatic hydroxyl groups is 3. The number of fused-ring (bicyclic) bond motifs is 5. The Balaban J connectivity index is 1.77. The highest BCUT2D eigenvalue weighted by molar-refractivity contribution is 7.91. The Labute approximate surface area is 454 Å². The van der Waals surface area contributed by atoms with Gasteiger partial charge in [0.05, 0.1) is 51.0 Å². The first-order valence-corrected chi connectivity index (χ1v) is 27.2. The number of aliphatic hydroxyl groups excluding tert-OH is 3. The number of carbonyl (C=O) groups is 10. The highest BCUT2D eigenvalue weighted by Gasteiger charge is 2.46. The average Bonchev–Trinajstić information content (AvgIpc) is 3.93. The van der Waals surface area contributed by atoms with Gasteiger partial charge in [-0.3, -0.25) is 43.2 Å². The largest absolute Gasteiger partial charge is 0.610 e. The maximum absolute atomic E-state index is 15.6. The van der Waals surface area contributed by atoms with Crippen molar-refractivity contribution in [2.75, 3.05) is 45.6 Å². The van der Waals surface area contributed by atoms with Crippen molar-refractivity contribution in [3.63, 3.8) is 0 Å². The van der Waals surface area contributed by atoms with Crippen LogP contribution in [0.4, 0.5) is 4.79 Å². The Morgan fingerprint density at radius 1 is 0.885 bits per heavy atom. The molecule has 1 fully saturated rings. The van der Waals surface area contributed by atoms with E-state index >= 15 is 4.55 Å². The maximum Gasteiger partial charge on any atom is 0.407 e. The number of hydrogen-bond acceptors (Lipinski definition) is 16. The number of ether oxygens (including phenoxy) is 2. The summed E-state index contributed by atoms with van der Waals surface area (Å²) in [4.78, 5) is 140. The van der Waals surface area contributed by atoms with Gasteiger partial charge in [0.1, 0.15) is 47.3 Å². The van der Waals surface area contributed by atoms with Crippen LogP contribution in [-0.2, 0) is 72.0 Å². The highest BCUT2D eigenvalue weighted by Crippen LogP contribution is 2.35. The first-order valence-electron chi connectivity index (χ1n) is 25.9. The fourth-order valence-electron chi connectivity index (χ4n) is 9.34. The van der Waals surface area contributed by atoms with Gasteiger partial charge < -0.3 is 87.1 Å². The van der Waals surface area contributed by atoms with Crippen LogP contribution in [0.15, 0.2) is 23.2 Å². The molecule has 3 unspecified atom stereocenters. The van der Waals surface area contributed by atoms with E-state index in [1.165, 1.54) is 14.0 Å². The number of unbranched alkanes of at least 4 members (excludes halogenated alkanes) is 2. The monoisotopic (exact) mass is 1120 g/mol. The maximum atomic E-state index is 15.6. The zero-order chi connectivity index (χ0) is 57.8. The number of aryl methyl sites for hydroxylation is 1. The summed E-state index contributed by atoms with van der Waals surface area (Å²) in [6, 6.07) is -5.29. The fraction of sp³-hybridized carbons (Fsp3) is 0.640. The number of benzene rings is 1. The second-order valence-corrected chi connectivity index (χ2v) is 22.2. The number of primary amides is 1. The van der Waals surface area contributed by atoms with E-state index in [4.69, 9.17) is 15.2 Å². The minimum Gasteiger partial charge on any atom is -0.610 e. The number of amides is 10. The van der Waals surface area contributed by atoms with Gasteiger partial charge in [0.25, 0.3) is 0 Å². The van der Waals surface area contributed by atoms with Crippen LogP contribution in [0.2, 0.25) is 0 Å². The molecule has 0 spiro atoms. The molecule has 11 atom stereocenters. The van der Waals surface area contributed by atoms with Crippen molar-refractivity contribution in [2.45, 2.75) is 152 Å². The quantitative estimate of drug-likeness (QED) is 0.0647. The molecule has 0 saturated carbocycles. The van der Waals surface area contributed by atoms with Crippen molar-refractivity contribution < 1.29 is 77.3 Å². The van der Waals surface area contributed by atoms with Gasteiger partial charge in [0.15, 0.2) is 6.04 Å². The normalized spacial score (nSPS) is 25.6. The molecule has 2 aromatic rings. The summed E-state index contributed by atoms with van der Waals surface area (Å²) < 4.78 is 28.1. The predicted octanol–water partition coefficient (Wildman–Crippen LogP) is -3.45. The van der Waals surface area contributed by atoms with Crippen molar-refractivity contribution in [3.05, 3.63) is 23.8 Å². The van der Waals surface area contributed by atoms with Gasteiger partial charge in [-0.15, -0.1) is 0 Å². The van der Waals surface area contributed by atoms with E-state index in [0.717, 1.165) is 4.90 Å². The molecule has 4 heterocycles. The number of aromatic nitrogens is 1. The van der Waals surface area contributed by atoms with Crippen LogP contribution in [-0.4, -0.2) is 188 Å². The molecule has 13 N–H and O–H groups in total. The third kappa shape index (κ3) is 16.4. The number of nitrogens with two attached hydrogens (primary N) is 1. The van der Waals surface area contributed by atoms with Gasteiger partial charge in [-0.05, 0) is 58.1 Å². The second-order valence-electron chi connectivity index (χ2n) is 20.8. The lowest BCUT2D eigenvalue weighted by Crippen LogP contribution is -2.62. The van der Waals surface area contributed by atoms with Crippen molar-refractivity contribution in [1.82, 2.24) is 52.0 Å². The molecule has 28 heteroatoms. The van der Waals surface area contributed by atoms with Crippen LogP contribution in [0.25, 0.3) is 10.9 Å². The minimum absolute atomic E-state index is 0.0264. The molecule has 1 aromatic carbocycles. The molecule has 0 radical (unpaired) electrons. The van der Waals surface area contributed by atoms with Crippen LogP contribution < -0.4 is 53.0 Å². The van der Waals surface area contributed by atoms with E-state index in [2.05, 4.69) is 42.5 Å². The fourth-order valence-corrected chi connectivity index (χ4v) is 10.9. The Hall–Kier alpha value is -6.75. The van der Waals surface area contributed by atoms with Gasteiger partial charge in [-0.2, -0.15) is 0 Å². The zero-order valence-electron chi connectivity index (χ0n) is 44.9.